The predicted octanol–water partition coefficient (Wildman–Crippen LogP) is 1.73. The van der Waals surface area contributed by atoms with Crippen LogP contribution in [0.1, 0.15) is 25.2 Å². The second-order valence-corrected chi connectivity index (χ2v) is 6.86. The van der Waals surface area contributed by atoms with Gasteiger partial charge in [0.15, 0.2) is 0 Å². The molecule has 2 heterocycles. The molecular formula is C15H27BrN4O. The molecule has 21 heavy (non-hydrogen) atoms. The molecule has 0 saturated carbocycles. The molecule has 1 fully saturated rings. The number of hydrogen-bond acceptors (Lipinski definition) is 4. The standard InChI is InChI=1S/C15H27BrN4O/c1-10(2)20-6-7-21-14(9-20)12(17-4)8-13-15(16)11(3)18-19(13)5/h10,12,14,17H,6-9H2,1-5H3. The van der Waals surface area contributed by atoms with Crippen molar-refractivity contribution in [3.8, 4) is 0 Å². The molecule has 1 aromatic heterocycles. The summed E-state index contributed by atoms with van der Waals surface area (Å²) in [5.41, 5.74) is 2.26. The van der Waals surface area contributed by atoms with E-state index in [-0.39, 0.29) is 12.1 Å². The van der Waals surface area contributed by atoms with Crippen molar-refractivity contribution in [2.45, 2.75) is 45.4 Å². The number of halogens is 1. The van der Waals surface area contributed by atoms with Crippen LogP contribution in [0.3, 0.4) is 0 Å². The Bertz CT molecular complexity index is 474. The van der Waals surface area contributed by atoms with Crippen LogP contribution in [0.25, 0.3) is 0 Å². The molecule has 5 nitrogen and oxygen atoms in total. The van der Waals surface area contributed by atoms with Crippen LogP contribution in [-0.2, 0) is 18.2 Å². The van der Waals surface area contributed by atoms with Gasteiger partial charge < -0.3 is 10.1 Å². The fourth-order valence-electron chi connectivity index (χ4n) is 2.94. The van der Waals surface area contributed by atoms with Crippen molar-refractivity contribution in [1.29, 1.82) is 0 Å². The van der Waals surface area contributed by atoms with Crippen molar-refractivity contribution in [2.75, 3.05) is 26.7 Å². The number of nitrogens with one attached hydrogen (secondary N) is 1. The third-order valence-corrected chi connectivity index (χ3v) is 5.38. The summed E-state index contributed by atoms with van der Waals surface area (Å²) in [4.78, 5) is 2.49. The molecule has 1 N–H and O–H groups in total. The number of likely N-dealkylation sites (N-methyl/N-ethyl adjacent to an activating group) is 1. The highest BCUT2D eigenvalue weighted by Gasteiger charge is 2.29. The van der Waals surface area contributed by atoms with Crippen LogP contribution in [-0.4, -0.2) is 59.6 Å². The molecule has 0 bridgehead atoms. The SMILES string of the molecule is CNC(Cc1c(Br)c(C)nn1C)C1CN(C(C)C)CCO1. The zero-order valence-electron chi connectivity index (χ0n) is 13.7. The highest BCUT2D eigenvalue weighted by molar-refractivity contribution is 9.10. The largest absolute Gasteiger partial charge is 0.374 e. The summed E-state index contributed by atoms with van der Waals surface area (Å²) >= 11 is 3.66. The fraction of sp³-hybridized carbons (Fsp3) is 0.800. The van der Waals surface area contributed by atoms with Gasteiger partial charge in [0.1, 0.15) is 0 Å². The average molecular weight is 359 g/mol. The van der Waals surface area contributed by atoms with E-state index in [1.165, 1.54) is 5.69 Å². The molecule has 1 aliphatic rings. The summed E-state index contributed by atoms with van der Waals surface area (Å²) in [5.74, 6) is 0. The van der Waals surface area contributed by atoms with Gasteiger partial charge in [0.2, 0.25) is 0 Å². The van der Waals surface area contributed by atoms with E-state index in [1.54, 1.807) is 0 Å². The lowest BCUT2D eigenvalue weighted by molar-refractivity contribution is -0.0544. The van der Waals surface area contributed by atoms with Crippen LogP contribution >= 0.6 is 15.9 Å². The maximum absolute atomic E-state index is 6.02. The first-order chi connectivity index (χ1) is 9.93. The third kappa shape index (κ3) is 3.86. The molecule has 2 rings (SSSR count). The van der Waals surface area contributed by atoms with Crippen molar-refractivity contribution in [3.63, 3.8) is 0 Å². The number of rotatable bonds is 5. The maximum atomic E-state index is 6.02. The number of hydrogen-bond donors (Lipinski definition) is 1. The molecule has 0 aliphatic carbocycles. The monoisotopic (exact) mass is 358 g/mol. The van der Waals surface area contributed by atoms with Crippen molar-refractivity contribution < 1.29 is 4.74 Å². The van der Waals surface area contributed by atoms with Gasteiger partial charge in [0.05, 0.1) is 28.6 Å². The number of ether oxygens (including phenoxy) is 1. The van der Waals surface area contributed by atoms with Gasteiger partial charge in [-0.1, -0.05) is 0 Å². The minimum absolute atomic E-state index is 0.216. The molecule has 0 aromatic carbocycles. The van der Waals surface area contributed by atoms with Crippen molar-refractivity contribution in [3.05, 3.63) is 15.9 Å². The Morgan fingerprint density at radius 3 is 2.71 bits per heavy atom. The lowest BCUT2D eigenvalue weighted by atomic mass is 10.0. The van der Waals surface area contributed by atoms with Crippen LogP contribution in [0.4, 0.5) is 0 Å². The van der Waals surface area contributed by atoms with E-state index in [1.807, 2.05) is 25.7 Å². The molecule has 120 valence electrons. The molecule has 1 saturated heterocycles. The second-order valence-electron chi connectivity index (χ2n) is 6.07. The van der Waals surface area contributed by atoms with E-state index < -0.39 is 0 Å². The van der Waals surface area contributed by atoms with Crippen LogP contribution < -0.4 is 5.32 Å². The van der Waals surface area contributed by atoms with E-state index in [9.17, 15) is 0 Å². The minimum Gasteiger partial charge on any atom is -0.374 e. The summed E-state index contributed by atoms with van der Waals surface area (Å²) in [6.07, 6.45) is 1.12. The third-order valence-electron chi connectivity index (χ3n) is 4.35. The topological polar surface area (TPSA) is 42.3 Å². The molecule has 1 aliphatic heterocycles. The van der Waals surface area contributed by atoms with E-state index in [4.69, 9.17) is 4.74 Å². The fourth-order valence-corrected chi connectivity index (χ4v) is 3.44. The van der Waals surface area contributed by atoms with Gasteiger partial charge in [0.25, 0.3) is 0 Å². The zero-order chi connectivity index (χ0) is 15.6. The highest BCUT2D eigenvalue weighted by atomic mass is 79.9. The van der Waals surface area contributed by atoms with E-state index in [2.05, 4.69) is 45.1 Å². The first kappa shape index (κ1) is 16.9. The van der Waals surface area contributed by atoms with Crippen molar-refractivity contribution in [1.82, 2.24) is 20.0 Å². The summed E-state index contributed by atoms with van der Waals surface area (Å²) in [6, 6.07) is 0.859. The maximum Gasteiger partial charge on any atom is 0.0859 e. The predicted molar refractivity (Wildman–Crippen MR) is 88.6 cm³/mol. The van der Waals surface area contributed by atoms with Crippen molar-refractivity contribution >= 4 is 15.9 Å². The quantitative estimate of drug-likeness (QED) is 0.870. The Labute approximate surface area is 136 Å². The summed E-state index contributed by atoms with van der Waals surface area (Å²) < 4.78 is 9.10. The summed E-state index contributed by atoms with van der Waals surface area (Å²) in [5, 5.41) is 7.91. The molecule has 2 unspecified atom stereocenters. The van der Waals surface area contributed by atoms with Gasteiger partial charge in [-0.2, -0.15) is 5.10 Å². The first-order valence-corrected chi connectivity index (χ1v) is 8.44. The van der Waals surface area contributed by atoms with Gasteiger partial charge in [-0.3, -0.25) is 9.58 Å². The summed E-state index contributed by atoms with van der Waals surface area (Å²) in [7, 11) is 4.02. The first-order valence-electron chi connectivity index (χ1n) is 7.65. The lowest BCUT2D eigenvalue weighted by Gasteiger charge is -2.39. The Balaban J connectivity index is 2.09. The van der Waals surface area contributed by atoms with E-state index in [0.717, 1.165) is 36.3 Å². The average Bonchev–Trinajstić information content (AvgIpc) is 2.70. The molecule has 1 aromatic rings. The Hall–Kier alpha value is -0.430. The van der Waals surface area contributed by atoms with Gasteiger partial charge in [-0.05, 0) is 43.7 Å². The van der Waals surface area contributed by atoms with Crippen LogP contribution in [0, 0.1) is 6.92 Å². The van der Waals surface area contributed by atoms with Gasteiger partial charge >= 0.3 is 0 Å². The smallest absolute Gasteiger partial charge is 0.0859 e. The molecule has 0 spiro atoms. The van der Waals surface area contributed by atoms with Crippen molar-refractivity contribution in [2.24, 2.45) is 7.05 Å². The lowest BCUT2D eigenvalue weighted by Crippen LogP contribution is -2.54. The van der Waals surface area contributed by atoms with Gasteiger partial charge in [-0.15, -0.1) is 0 Å². The number of aryl methyl sites for hydroxylation is 2. The molecule has 6 heteroatoms. The molecule has 2 atom stereocenters. The Morgan fingerprint density at radius 1 is 1.48 bits per heavy atom. The normalized spacial score (nSPS) is 22.0. The van der Waals surface area contributed by atoms with Crippen LogP contribution in [0.5, 0.6) is 0 Å². The zero-order valence-corrected chi connectivity index (χ0v) is 15.3. The minimum atomic E-state index is 0.216. The molecule has 0 amide bonds. The van der Waals surface area contributed by atoms with Crippen LogP contribution in [0.2, 0.25) is 0 Å². The number of aromatic nitrogens is 2. The van der Waals surface area contributed by atoms with E-state index in [0.29, 0.717) is 6.04 Å². The van der Waals surface area contributed by atoms with Crippen LogP contribution in [0.15, 0.2) is 4.47 Å². The molecular weight excluding hydrogens is 332 g/mol. The Morgan fingerprint density at radius 2 is 2.19 bits per heavy atom. The highest BCUT2D eigenvalue weighted by Crippen LogP contribution is 2.23. The van der Waals surface area contributed by atoms with Gasteiger partial charge in [-0.25, -0.2) is 0 Å². The van der Waals surface area contributed by atoms with E-state index >= 15 is 0 Å². The van der Waals surface area contributed by atoms with Gasteiger partial charge in [0, 0.05) is 38.6 Å². The summed E-state index contributed by atoms with van der Waals surface area (Å²) in [6.45, 7) is 9.35. The number of nitrogens with zero attached hydrogens (tertiary/aromatic N) is 3. The second kappa shape index (κ2) is 7.22. The number of morpholine rings is 1. The molecule has 0 radical (unpaired) electrons. The Kier molecular flexibility index (Phi) is 5.82.